The van der Waals surface area contributed by atoms with E-state index >= 15 is 0 Å². The van der Waals surface area contributed by atoms with Crippen molar-refractivity contribution in [3.05, 3.63) is 0 Å². The Balaban J connectivity index is 0.00000242. The van der Waals surface area contributed by atoms with Gasteiger partial charge in [-0.25, -0.2) is 0 Å². The fourth-order valence-corrected chi connectivity index (χ4v) is 2.93. The van der Waals surface area contributed by atoms with Crippen molar-refractivity contribution in [3.8, 4) is 0 Å². The maximum Gasteiger partial charge on any atom is 0.239 e. The Morgan fingerprint density at radius 1 is 1.05 bits per heavy atom. The number of amides is 2. The fraction of sp³-hybridized carbons (Fsp3) is 0.867. The normalized spacial score (nSPS) is 20.5. The van der Waals surface area contributed by atoms with Crippen molar-refractivity contribution in [3.63, 3.8) is 0 Å². The van der Waals surface area contributed by atoms with Crippen molar-refractivity contribution in [2.24, 2.45) is 0 Å². The molecule has 0 aromatic heterocycles. The van der Waals surface area contributed by atoms with Gasteiger partial charge in [0.2, 0.25) is 11.8 Å². The van der Waals surface area contributed by atoms with Crippen LogP contribution in [-0.2, 0) is 9.59 Å². The topological polar surface area (TPSA) is 55.9 Å². The number of carbonyl (C=O) groups is 2. The Labute approximate surface area is 139 Å². The standard InChI is InChI=1S/C15H28N4O2.ClH/c1-13(15(21)19-8-4-3-5-9-19)17(2)12-14(20)18-10-6-16-7-11-18;/h13,16H,3-12H2,1-2H3;1H. The predicted molar refractivity (Wildman–Crippen MR) is 89.2 cm³/mol. The SMILES string of the molecule is CC(C(=O)N1CCCCC1)N(C)CC(=O)N1CCNCC1.Cl. The summed E-state index contributed by atoms with van der Waals surface area (Å²) >= 11 is 0. The molecule has 128 valence electrons. The van der Waals surface area contributed by atoms with Gasteiger partial charge < -0.3 is 15.1 Å². The Morgan fingerprint density at radius 2 is 1.64 bits per heavy atom. The van der Waals surface area contributed by atoms with Crippen molar-refractivity contribution >= 4 is 24.2 Å². The number of piperidine rings is 1. The van der Waals surface area contributed by atoms with Gasteiger partial charge in [-0.15, -0.1) is 12.4 Å². The molecule has 0 aromatic rings. The molecule has 0 aromatic carbocycles. The van der Waals surface area contributed by atoms with Crippen LogP contribution in [0.5, 0.6) is 0 Å². The second-order valence-electron chi connectivity index (χ2n) is 6.11. The number of nitrogens with one attached hydrogen (secondary N) is 1. The molecule has 2 rings (SSSR count). The summed E-state index contributed by atoms with van der Waals surface area (Å²) in [6.07, 6.45) is 3.42. The first-order valence-electron chi connectivity index (χ1n) is 8.07. The quantitative estimate of drug-likeness (QED) is 0.797. The van der Waals surface area contributed by atoms with Gasteiger partial charge in [-0.3, -0.25) is 14.5 Å². The van der Waals surface area contributed by atoms with E-state index < -0.39 is 0 Å². The van der Waals surface area contributed by atoms with E-state index in [1.54, 1.807) is 0 Å². The molecule has 0 spiro atoms. The van der Waals surface area contributed by atoms with E-state index in [1.807, 2.05) is 28.7 Å². The first-order valence-corrected chi connectivity index (χ1v) is 8.07. The number of rotatable bonds is 4. The van der Waals surface area contributed by atoms with Crippen LogP contribution in [0.25, 0.3) is 0 Å². The summed E-state index contributed by atoms with van der Waals surface area (Å²) in [6, 6.07) is -0.227. The van der Waals surface area contributed by atoms with Crippen LogP contribution in [0, 0.1) is 0 Å². The molecule has 2 amide bonds. The molecule has 22 heavy (non-hydrogen) atoms. The molecule has 2 aliphatic heterocycles. The highest BCUT2D eigenvalue weighted by Gasteiger charge is 2.27. The van der Waals surface area contributed by atoms with E-state index in [1.165, 1.54) is 6.42 Å². The number of hydrogen-bond acceptors (Lipinski definition) is 4. The van der Waals surface area contributed by atoms with Gasteiger partial charge in [0.15, 0.2) is 0 Å². The summed E-state index contributed by atoms with van der Waals surface area (Å²) in [5.74, 6) is 0.280. The Hall–Kier alpha value is -0.850. The number of likely N-dealkylation sites (tertiary alicyclic amines) is 1. The van der Waals surface area contributed by atoms with Gasteiger partial charge in [0, 0.05) is 39.3 Å². The maximum atomic E-state index is 12.4. The first kappa shape index (κ1) is 19.2. The molecule has 2 aliphatic rings. The van der Waals surface area contributed by atoms with E-state index in [2.05, 4.69) is 5.32 Å². The summed E-state index contributed by atoms with van der Waals surface area (Å²) in [5.41, 5.74) is 0. The van der Waals surface area contributed by atoms with E-state index in [-0.39, 0.29) is 30.3 Å². The minimum atomic E-state index is -0.227. The van der Waals surface area contributed by atoms with Crippen LogP contribution >= 0.6 is 12.4 Å². The molecule has 1 N–H and O–H groups in total. The van der Waals surface area contributed by atoms with Crippen molar-refractivity contribution in [1.29, 1.82) is 0 Å². The van der Waals surface area contributed by atoms with Crippen LogP contribution in [0.15, 0.2) is 0 Å². The fourth-order valence-electron chi connectivity index (χ4n) is 2.93. The number of hydrogen-bond donors (Lipinski definition) is 1. The number of nitrogens with zero attached hydrogens (tertiary/aromatic N) is 3. The van der Waals surface area contributed by atoms with Gasteiger partial charge >= 0.3 is 0 Å². The van der Waals surface area contributed by atoms with Gasteiger partial charge in [0.1, 0.15) is 0 Å². The summed E-state index contributed by atoms with van der Waals surface area (Å²) in [7, 11) is 1.87. The van der Waals surface area contributed by atoms with Crippen LogP contribution < -0.4 is 5.32 Å². The zero-order valence-corrected chi connectivity index (χ0v) is 14.5. The van der Waals surface area contributed by atoms with Crippen LogP contribution in [0.4, 0.5) is 0 Å². The highest BCUT2D eigenvalue weighted by Crippen LogP contribution is 2.12. The minimum Gasteiger partial charge on any atom is -0.341 e. The van der Waals surface area contributed by atoms with Gasteiger partial charge in [0.25, 0.3) is 0 Å². The molecule has 2 saturated heterocycles. The minimum absolute atomic E-state index is 0. The van der Waals surface area contributed by atoms with E-state index in [9.17, 15) is 9.59 Å². The Morgan fingerprint density at radius 3 is 2.23 bits per heavy atom. The van der Waals surface area contributed by atoms with Gasteiger partial charge in [0.05, 0.1) is 12.6 Å². The largest absolute Gasteiger partial charge is 0.341 e. The van der Waals surface area contributed by atoms with Crippen LogP contribution in [0.3, 0.4) is 0 Å². The van der Waals surface area contributed by atoms with Crippen molar-refractivity contribution in [2.45, 2.75) is 32.2 Å². The first-order chi connectivity index (χ1) is 10.1. The molecule has 1 unspecified atom stereocenters. The summed E-state index contributed by atoms with van der Waals surface area (Å²) in [6.45, 7) is 7.20. The molecule has 0 radical (unpaired) electrons. The lowest BCUT2D eigenvalue weighted by molar-refractivity contribution is -0.139. The monoisotopic (exact) mass is 332 g/mol. The average molecular weight is 333 g/mol. The Bertz CT molecular complexity index is 369. The molecular weight excluding hydrogens is 304 g/mol. The number of halogens is 1. The summed E-state index contributed by atoms with van der Waals surface area (Å²) in [5, 5.41) is 3.24. The molecule has 0 bridgehead atoms. The molecule has 1 atom stereocenters. The third-order valence-electron chi connectivity index (χ3n) is 4.54. The van der Waals surface area contributed by atoms with E-state index in [0.717, 1.165) is 52.1 Å². The third-order valence-corrected chi connectivity index (χ3v) is 4.54. The molecule has 7 heteroatoms. The second kappa shape index (κ2) is 9.33. The molecular formula is C15H29ClN4O2. The van der Waals surface area contributed by atoms with Gasteiger partial charge in [-0.05, 0) is 33.2 Å². The lowest BCUT2D eigenvalue weighted by atomic mass is 10.1. The molecule has 2 heterocycles. The number of carbonyl (C=O) groups excluding carboxylic acids is 2. The van der Waals surface area contributed by atoms with Crippen LogP contribution in [-0.4, -0.2) is 85.4 Å². The van der Waals surface area contributed by atoms with Crippen molar-refractivity contribution in [2.75, 3.05) is 52.9 Å². The Kier molecular flexibility index (Phi) is 8.14. The lowest BCUT2D eigenvalue weighted by Crippen LogP contribution is -2.52. The molecule has 0 saturated carbocycles. The smallest absolute Gasteiger partial charge is 0.239 e. The van der Waals surface area contributed by atoms with Crippen molar-refractivity contribution in [1.82, 2.24) is 20.0 Å². The van der Waals surface area contributed by atoms with Gasteiger partial charge in [-0.1, -0.05) is 0 Å². The summed E-state index contributed by atoms with van der Waals surface area (Å²) in [4.78, 5) is 30.4. The second-order valence-corrected chi connectivity index (χ2v) is 6.11. The molecule has 0 aliphatic carbocycles. The van der Waals surface area contributed by atoms with Gasteiger partial charge in [-0.2, -0.15) is 0 Å². The van der Waals surface area contributed by atoms with E-state index in [4.69, 9.17) is 0 Å². The molecule has 6 nitrogen and oxygen atoms in total. The highest BCUT2D eigenvalue weighted by molar-refractivity contribution is 5.85. The highest BCUT2D eigenvalue weighted by atomic mass is 35.5. The average Bonchev–Trinajstić information content (AvgIpc) is 2.55. The number of piperazine rings is 1. The predicted octanol–water partition coefficient (Wildman–Crippen LogP) is 0.173. The van der Waals surface area contributed by atoms with Crippen LogP contribution in [0.2, 0.25) is 0 Å². The number of likely N-dealkylation sites (N-methyl/N-ethyl adjacent to an activating group) is 1. The van der Waals surface area contributed by atoms with Crippen LogP contribution in [0.1, 0.15) is 26.2 Å². The maximum absolute atomic E-state index is 12.4. The lowest BCUT2D eigenvalue weighted by Gasteiger charge is -2.34. The van der Waals surface area contributed by atoms with E-state index in [0.29, 0.717) is 6.54 Å². The zero-order valence-electron chi connectivity index (χ0n) is 13.7. The summed E-state index contributed by atoms with van der Waals surface area (Å²) < 4.78 is 0. The third kappa shape index (κ3) is 5.11. The molecule has 2 fully saturated rings. The van der Waals surface area contributed by atoms with Crippen molar-refractivity contribution < 1.29 is 9.59 Å². The zero-order chi connectivity index (χ0) is 15.2.